The molecule has 0 aliphatic rings. The number of carbonyl (C=O) groups excluding carboxylic acids is 2. The molecule has 0 atom stereocenters. The first kappa shape index (κ1) is 23.4. The number of nitrogens with zero attached hydrogens (tertiary/aromatic N) is 4. The Bertz CT molecular complexity index is 1500. The van der Waals surface area contributed by atoms with Gasteiger partial charge < -0.3 is 4.42 Å². The largest absolute Gasteiger partial charge is 0.410 e. The predicted octanol–water partition coefficient (Wildman–Crippen LogP) is 5.90. The normalized spacial score (nSPS) is 11.1. The summed E-state index contributed by atoms with van der Waals surface area (Å²) in [7, 11) is 0. The van der Waals surface area contributed by atoms with Crippen LogP contribution < -0.4 is 0 Å². The maximum Gasteiger partial charge on any atom is 0.278 e. The quantitative estimate of drug-likeness (QED) is 0.196. The fourth-order valence-electron chi connectivity index (χ4n) is 3.95. The van der Waals surface area contributed by atoms with Crippen molar-refractivity contribution >= 4 is 23.3 Å². The molecule has 36 heavy (non-hydrogen) atoms. The van der Waals surface area contributed by atoms with Gasteiger partial charge in [-0.3, -0.25) is 9.59 Å². The molecule has 5 aromatic rings. The van der Waals surface area contributed by atoms with Crippen molar-refractivity contribution < 1.29 is 14.0 Å². The van der Waals surface area contributed by atoms with Gasteiger partial charge in [0.05, 0.1) is 5.69 Å². The van der Waals surface area contributed by atoms with Crippen LogP contribution in [-0.2, 0) is 9.59 Å². The van der Waals surface area contributed by atoms with Gasteiger partial charge in [0.15, 0.2) is 11.6 Å². The molecule has 3 aromatic carbocycles. The summed E-state index contributed by atoms with van der Waals surface area (Å²) in [5, 5.41) is 12.7. The highest BCUT2D eigenvalue weighted by atomic mass is 32.2. The van der Waals surface area contributed by atoms with Crippen LogP contribution in [0.5, 0.6) is 0 Å². The van der Waals surface area contributed by atoms with Gasteiger partial charge in [0.1, 0.15) is 16.6 Å². The van der Waals surface area contributed by atoms with Crippen LogP contribution in [0.4, 0.5) is 0 Å². The number of hydrogen-bond acceptors (Lipinski definition) is 7. The van der Waals surface area contributed by atoms with E-state index in [-0.39, 0.29) is 22.7 Å². The Labute approximate surface area is 212 Å². The molecule has 7 nitrogen and oxygen atoms in total. The predicted molar refractivity (Wildman–Crippen MR) is 139 cm³/mol. The molecule has 0 saturated carbocycles. The van der Waals surface area contributed by atoms with E-state index in [1.165, 1.54) is 13.8 Å². The third kappa shape index (κ3) is 4.63. The average molecular weight is 495 g/mol. The van der Waals surface area contributed by atoms with Crippen LogP contribution in [0.25, 0.3) is 39.7 Å². The van der Waals surface area contributed by atoms with Gasteiger partial charge >= 0.3 is 0 Å². The number of carbonyl (C=O) groups is 2. The Morgan fingerprint density at radius 3 is 1.92 bits per heavy atom. The van der Waals surface area contributed by atoms with Crippen molar-refractivity contribution in [3.05, 3.63) is 91.0 Å². The number of benzene rings is 3. The topological polar surface area (TPSA) is 90.9 Å². The van der Waals surface area contributed by atoms with Crippen molar-refractivity contribution in [2.24, 2.45) is 0 Å². The van der Waals surface area contributed by atoms with Gasteiger partial charge in [-0.1, -0.05) is 78.9 Å². The lowest BCUT2D eigenvalue weighted by Crippen LogP contribution is -2.22. The van der Waals surface area contributed by atoms with Crippen LogP contribution in [0.15, 0.2) is 101 Å². The molecule has 0 amide bonds. The van der Waals surface area contributed by atoms with E-state index in [9.17, 15) is 9.59 Å². The average Bonchev–Trinajstić information content (AvgIpc) is 3.53. The summed E-state index contributed by atoms with van der Waals surface area (Å²) in [5.74, 6) is -0.295. The standard InChI is InChI=1S/C28H22N4O3S/c1-18(33)26(19(2)34)36-28-30-29-27(35-28)25-23(20-12-6-3-7-13-20)24(21-14-8-4-9-15-21)31-32(25)22-16-10-5-11-17-22/h3-17,26H,1-2H3. The molecule has 0 spiro atoms. The van der Waals surface area contributed by atoms with Crippen LogP contribution in [0.2, 0.25) is 0 Å². The first-order valence-corrected chi connectivity index (χ1v) is 12.2. The lowest BCUT2D eigenvalue weighted by molar-refractivity contribution is -0.123. The zero-order chi connectivity index (χ0) is 25.1. The Balaban J connectivity index is 1.74. The van der Waals surface area contributed by atoms with Gasteiger partial charge in [-0.05, 0) is 43.3 Å². The Morgan fingerprint density at radius 1 is 0.778 bits per heavy atom. The molecule has 5 rings (SSSR count). The lowest BCUT2D eigenvalue weighted by atomic mass is 9.98. The van der Waals surface area contributed by atoms with Crippen LogP contribution in [-0.4, -0.2) is 36.8 Å². The van der Waals surface area contributed by atoms with E-state index in [1.54, 1.807) is 4.68 Å². The molecular formula is C28H22N4O3S. The van der Waals surface area contributed by atoms with Crippen molar-refractivity contribution in [2.75, 3.05) is 0 Å². The second kappa shape index (κ2) is 10.1. The van der Waals surface area contributed by atoms with E-state index in [2.05, 4.69) is 10.2 Å². The molecule has 0 aliphatic carbocycles. The summed E-state index contributed by atoms with van der Waals surface area (Å²) < 4.78 is 7.84. The van der Waals surface area contributed by atoms with Crippen molar-refractivity contribution in [3.8, 4) is 39.7 Å². The molecule has 0 radical (unpaired) electrons. The van der Waals surface area contributed by atoms with Gasteiger partial charge in [-0.15, -0.1) is 10.2 Å². The fourth-order valence-corrected chi connectivity index (χ4v) is 4.70. The van der Waals surface area contributed by atoms with E-state index in [4.69, 9.17) is 9.52 Å². The van der Waals surface area contributed by atoms with Crippen LogP contribution in [0, 0.1) is 0 Å². The second-order valence-corrected chi connectivity index (χ2v) is 9.20. The molecule has 178 valence electrons. The first-order valence-electron chi connectivity index (χ1n) is 11.3. The Hall–Kier alpha value is -4.30. The van der Waals surface area contributed by atoms with E-state index < -0.39 is 5.25 Å². The van der Waals surface area contributed by atoms with Crippen molar-refractivity contribution in [1.29, 1.82) is 0 Å². The molecule has 0 aliphatic heterocycles. The molecule has 8 heteroatoms. The lowest BCUT2D eigenvalue weighted by Gasteiger charge is -2.08. The summed E-state index contributed by atoms with van der Waals surface area (Å²) in [6, 6.07) is 29.5. The summed E-state index contributed by atoms with van der Waals surface area (Å²) in [6.07, 6.45) is 0. The highest BCUT2D eigenvalue weighted by molar-refractivity contribution is 8.01. The van der Waals surface area contributed by atoms with E-state index in [0.29, 0.717) is 5.69 Å². The maximum absolute atomic E-state index is 12.0. The van der Waals surface area contributed by atoms with Crippen molar-refractivity contribution in [2.45, 2.75) is 24.3 Å². The Kier molecular flexibility index (Phi) is 6.60. The summed E-state index contributed by atoms with van der Waals surface area (Å²) >= 11 is 0.958. The zero-order valence-electron chi connectivity index (χ0n) is 19.7. The number of aromatic nitrogens is 4. The highest BCUT2D eigenvalue weighted by Gasteiger charge is 2.29. The van der Waals surface area contributed by atoms with E-state index in [0.717, 1.165) is 39.8 Å². The van der Waals surface area contributed by atoms with Crippen molar-refractivity contribution in [1.82, 2.24) is 20.0 Å². The molecule has 0 bridgehead atoms. The molecule has 0 unspecified atom stereocenters. The van der Waals surface area contributed by atoms with Gasteiger partial charge in [0.2, 0.25) is 0 Å². The number of thioether (sulfide) groups is 1. The number of Topliss-reactive ketones (excluding diaryl/α,β-unsaturated/α-hetero) is 2. The number of ketones is 2. The number of hydrogen-bond donors (Lipinski definition) is 0. The third-order valence-electron chi connectivity index (χ3n) is 5.56. The van der Waals surface area contributed by atoms with Gasteiger partial charge in [0.25, 0.3) is 11.1 Å². The van der Waals surface area contributed by atoms with E-state index >= 15 is 0 Å². The smallest absolute Gasteiger partial charge is 0.278 e. The maximum atomic E-state index is 12.0. The minimum atomic E-state index is -0.897. The zero-order valence-corrected chi connectivity index (χ0v) is 20.5. The van der Waals surface area contributed by atoms with Crippen LogP contribution in [0.3, 0.4) is 0 Å². The minimum absolute atomic E-state index is 0.140. The fraction of sp³-hybridized carbons (Fsp3) is 0.107. The number of para-hydroxylation sites is 1. The van der Waals surface area contributed by atoms with E-state index in [1.807, 2.05) is 91.0 Å². The summed E-state index contributed by atoms with van der Waals surface area (Å²) in [5.41, 5.74) is 4.91. The second-order valence-electron chi connectivity index (χ2n) is 8.14. The molecular weight excluding hydrogens is 472 g/mol. The third-order valence-corrected chi connectivity index (χ3v) is 6.83. The highest BCUT2D eigenvalue weighted by Crippen LogP contribution is 2.41. The van der Waals surface area contributed by atoms with Gasteiger partial charge in [-0.25, -0.2) is 4.68 Å². The van der Waals surface area contributed by atoms with Gasteiger partial charge in [-0.2, -0.15) is 5.10 Å². The monoisotopic (exact) mass is 494 g/mol. The van der Waals surface area contributed by atoms with Crippen LogP contribution >= 0.6 is 11.8 Å². The van der Waals surface area contributed by atoms with Gasteiger partial charge in [0, 0.05) is 11.1 Å². The summed E-state index contributed by atoms with van der Waals surface area (Å²) in [4.78, 5) is 23.9. The molecule has 0 N–H and O–H groups in total. The van der Waals surface area contributed by atoms with Crippen LogP contribution in [0.1, 0.15) is 13.8 Å². The summed E-state index contributed by atoms with van der Waals surface area (Å²) in [6.45, 7) is 2.75. The molecule has 2 aromatic heterocycles. The molecule has 2 heterocycles. The minimum Gasteiger partial charge on any atom is -0.410 e. The Morgan fingerprint density at radius 2 is 1.33 bits per heavy atom. The van der Waals surface area contributed by atoms with Crippen molar-refractivity contribution in [3.63, 3.8) is 0 Å². The molecule has 0 saturated heterocycles. The SMILES string of the molecule is CC(=O)C(Sc1nnc(-c2c(-c3ccccc3)c(-c3ccccc3)nn2-c2ccccc2)o1)C(C)=O. The first-order chi connectivity index (χ1) is 17.5. The number of rotatable bonds is 8. The molecule has 0 fully saturated rings.